The quantitative estimate of drug-likeness (QED) is 0.820. The second kappa shape index (κ2) is 7.20. The number of hydrogen-bond donors (Lipinski definition) is 2. The number of carbonyl (C=O) groups excluding carboxylic acids is 1. The van der Waals surface area contributed by atoms with Crippen LogP contribution in [0.1, 0.15) is 21.5 Å². The number of rotatable bonds is 5. The lowest BCUT2D eigenvalue weighted by atomic mass is 10.1. The standard InChI is InChI=1S/C18H18N2O3S/c1-4-11-19-18(21)15-8-7-14(3)17(12-15)24(22,23)20-16-9-5-13(2)6-10-16/h1,5-10,12,20H,11H2,2-3H3,(H,19,21). The summed E-state index contributed by atoms with van der Waals surface area (Å²) in [5.41, 5.74) is 2.27. The fraction of sp³-hybridized carbons (Fsp3) is 0.167. The van der Waals surface area contributed by atoms with Crippen molar-refractivity contribution in [3.63, 3.8) is 0 Å². The van der Waals surface area contributed by atoms with Crippen molar-refractivity contribution >= 4 is 21.6 Å². The summed E-state index contributed by atoms with van der Waals surface area (Å²) in [4.78, 5) is 12.0. The second-order valence-corrected chi connectivity index (χ2v) is 6.99. The van der Waals surface area contributed by atoms with Crippen LogP contribution in [0.15, 0.2) is 47.4 Å². The van der Waals surface area contributed by atoms with E-state index in [9.17, 15) is 13.2 Å². The Balaban J connectivity index is 2.33. The molecule has 124 valence electrons. The van der Waals surface area contributed by atoms with Crippen LogP contribution in [-0.4, -0.2) is 20.9 Å². The number of anilines is 1. The van der Waals surface area contributed by atoms with Gasteiger partial charge < -0.3 is 5.32 Å². The first-order chi connectivity index (χ1) is 11.3. The van der Waals surface area contributed by atoms with E-state index < -0.39 is 15.9 Å². The number of amides is 1. The molecule has 0 aliphatic carbocycles. The SMILES string of the molecule is C#CCNC(=O)c1ccc(C)c(S(=O)(=O)Nc2ccc(C)cc2)c1. The maximum Gasteiger partial charge on any atom is 0.262 e. The van der Waals surface area contributed by atoms with Gasteiger partial charge in [0, 0.05) is 11.3 Å². The second-order valence-electron chi connectivity index (χ2n) is 5.34. The van der Waals surface area contributed by atoms with E-state index in [0.717, 1.165) is 5.56 Å². The Morgan fingerprint density at radius 2 is 1.79 bits per heavy atom. The number of carbonyl (C=O) groups is 1. The van der Waals surface area contributed by atoms with Gasteiger partial charge in [-0.1, -0.05) is 29.7 Å². The molecule has 0 unspecified atom stereocenters. The van der Waals surface area contributed by atoms with Gasteiger partial charge in [0.1, 0.15) is 0 Å². The van der Waals surface area contributed by atoms with E-state index in [4.69, 9.17) is 6.42 Å². The van der Waals surface area contributed by atoms with Gasteiger partial charge >= 0.3 is 0 Å². The minimum Gasteiger partial charge on any atom is -0.341 e. The zero-order chi connectivity index (χ0) is 17.7. The molecule has 1 amide bonds. The molecule has 0 fully saturated rings. The highest BCUT2D eigenvalue weighted by Crippen LogP contribution is 2.21. The highest BCUT2D eigenvalue weighted by atomic mass is 32.2. The van der Waals surface area contributed by atoms with Crippen LogP contribution >= 0.6 is 0 Å². The van der Waals surface area contributed by atoms with E-state index in [1.807, 2.05) is 19.1 Å². The number of hydrogen-bond acceptors (Lipinski definition) is 3. The summed E-state index contributed by atoms with van der Waals surface area (Å²) in [5.74, 6) is 1.88. The third-order valence-electron chi connectivity index (χ3n) is 3.39. The summed E-state index contributed by atoms with van der Waals surface area (Å²) in [5, 5.41) is 2.51. The third kappa shape index (κ3) is 4.15. The lowest BCUT2D eigenvalue weighted by Gasteiger charge is -2.12. The monoisotopic (exact) mass is 342 g/mol. The van der Waals surface area contributed by atoms with Crippen LogP contribution in [0.4, 0.5) is 5.69 Å². The Morgan fingerprint density at radius 1 is 1.12 bits per heavy atom. The van der Waals surface area contributed by atoms with Crippen molar-refractivity contribution < 1.29 is 13.2 Å². The fourth-order valence-corrected chi connectivity index (χ4v) is 3.43. The zero-order valence-electron chi connectivity index (χ0n) is 13.5. The van der Waals surface area contributed by atoms with Crippen LogP contribution in [0, 0.1) is 26.2 Å². The Labute approximate surface area is 142 Å². The van der Waals surface area contributed by atoms with E-state index in [1.54, 1.807) is 31.2 Å². The summed E-state index contributed by atoms with van der Waals surface area (Å²) in [7, 11) is -3.80. The summed E-state index contributed by atoms with van der Waals surface area (Å²) in [6.45, 7) is 3.67. The number of sulfonamides is 1. The molecule has 0 bridgehead atoms. The molecule has 5 nitrogen and oxygen atoms in total. The first-order valence-electron chi connectivity index (χ1n) is 7.25. The van der Waals surface area contributed by atoms with E-state index in [1.165, 1.54) is 6.07 Å². The van der Waals surface area contributed by atoms with Crippen molar-refractivity contribution in [2.45, 2.75) is 18.7 Å². The van der Waals surface area contributed by atoms with Gasteiger partial charge in [-0.25, -0.2) is 8.42 Å². The minimum absolute atomic E-state index is 0.0523. The van der Waals surface area contributed by atoms with E-state index >= 15 is 0 Å². The van der Waals surface area contributed by atoms with Gasteiger partial charge in [0.2, 0.25) is 0 Å². The van der Waals surface area contributed by atoms with Gasteiger partial charge in [-0.2, -0.15) is 0 Å². The molecule has 2 rings (SSSR count). The van der Waals surface area contributed by atoms with Crippen LogP contribution in [-0.2, 0) is 10.0 Å². The van der Waals surface area contributed by atoms with Crippen LogP contribution in [0.25, 0.3) is 0 Å². The van der Waals surface area contributed by atoms with Crippen molar-refractivity contribution in [2.75, 3.05) is 11.3 Å². The van der Waals surface area contributed by atoms with Crippen molar-refractivity contribution in [3.8, 4) is 12.3 Å². The van der Waals surface area contributed by atoms with Crippen LogP contribution < -0.4 is 10.0 Å². The zero-order valence-corrected chi connectivity index (χ0v) is 14.3. The Kier molecular flexibility index (Phi) is 5.27. The van der Waals surface area contributed by atoms with Crippen molar-refractivity contribution in [2.24, 2.45) is 0 Å². The summed E-state index contributed by atoms with van der Waals surface area (Å²) in [6.07, 6.45) is 5.10. The van der Waals surface area contributed by atoms with Crippen LogP contribution in [0.5, 0.6) is 0 Å². The first-order valence-corrected chi connectivity index (χ1v) is 8.73. The Hall–Kier alpha value is -2.78. The molecule has 2 aromatic carbocycles. The first kappa shape index (κ1) is 17.6. The van der Waals surface area contributed by atoms with E-state index in [2.05, 4.69) is 16.0 Å². The highest BCUT2D eigenvalue weighted by Gasteiger charge is 2.19. The molecule has 0 atom stereocenters. The number of terminal acetylenes is 1. The van der Waals surface area contributed by atoms with Gasteiger partial charge in [-0.05, 0) is 43.7 Å². The van der Waals surface area contributed by atoms with Gasteiger partial charge in [0.15, 0.2) is 0 Å². The fourth-order valence-electron chi connectivity index (χ4n) is 2.10. The molecular weight excluding hydrogens is 324 g/mol. The third-order valence-corrected chi connectivity index (χ3v) is 4.92. The lowest BCUT2D eigenvalue weighted by molar-refractivity contribution is 0.0958. The maximum atomic E-state index is 12.6. The predicted octanol–water partition coefficient (Wildman–Crippen LogP) is 2.47. The molecule has 0 heterocycles. The molecular formula is C18H18N2O3S. The summed E-state index contributed by atoms with van der Waals surface area (Å²) in [6, 6.07) is 11.5. The molecule has 0 saturated carbocycles. The lowest BCUT2D eigenvalue weighted by Crippen LogP contribution is -2.24. The summed E-state index contributed by atoms with van der Waals surface area (Å²) >= 11 is 0. The maximum absolute atomic E-state index is 12.6. The van der Waals surface area contributed by atoms with Gasteiger partial charge in [-0.15, -0.1) is 6.42 Å². The summed E-state index contributed by atoms with van der Waals surface area (Å²) < 4.78 is 27.8. The average molecular weight is 342 g/mol. The molecule has 0 aliphatic heterocycles. The van der Waals surface area contributed by atoms with E-state index in [-0.39, 0.29) is 17.0 Å². The number of benzene rings is 2. The molecule has 0 aromatic heterocycles. The van der Waals surface area contributed by atoms with Gasteiger partial charge in [0.05, 0.1) is 11.4 Å². The average Bonchev–Trinajstić information content (AvgIpc) is 2.54. The molecule has 2 N–H and O–H groups in total. The minimum atomic E-state index is -3.80. The molecule has 0 radical (unpaired) electrons. The molecule has 0 saturated heterocycles. The normalized spacial score (nSPS) is 10.7. The van der Waals surface area contributed by atoms with Crippen molar-refractivity contribution in [1.82, 2.24) is 5.32 Å². The molecule has 6 heteroatoms. The number of aryl methyl sites for hydroxylation is 2. The van der Waals surface area contributed by atoms with Crippen LogP contribution in [0.3, 0.4) is 0 Å². The van der Waals surface area contributed by atoms with E-state index in [0.29, 0.717) is 11.3 Å². The van der Waals surface area contributed by atoms with Crippen molar-refractivity contribution in [1.29, 1.82) is 0 Å². The molecule has 24 heavy (non-hydrogen) atoms. The predicted molar refractivity (Wildman–Crippen MR) is 94.3 cm³/mol. The molecule has 0 spiro atoms. The smallest absolute Gasteiger partial charge is 0.262 e. The van der Waals surface area contributed by atoms with Crippen LogP contribution in [0.2, 0.25) is 0 Å². The largest absolute Gasteiger partial charge is 0.341 e. The van der Waals surface area contributed by atoms with Gasteiger partial charge in [-0.3, -0.25) is 9.52 Å². The molecule has 2 aromatic rings. The molecule has 0 aliphatic rings. The van der Waals surface area contributed by atoms with Gasteiger partial charge in [0.25, 0.3) is 15.9 Å². The Bertz CT molecular complexity index is 895. The highest BCUT2D eigenvalue weighted by molar-refractivity contribution is 7.92. The topological polar surface area (TPSA) is 75.3 Å². The number of nitrogens with one attached hydrogen (secondary N) is 2. The van der Waals surface area contributed by atoms with Crippen molar-refractivity contribution in [3.05, 3.63) is 59.2 Å². The Morgan fingerprint density at radius 3 is 2.42 bits per heavy atom.